The molecule has 6 nitrogen and oxygen atoms in total. The Balaban J connectivity index is 1.90. The van der Waals surface area contributed by atoms with Gasteiger partial charge in [0, 0.05) is 12.6 Å². The second-order valence-corrected chi connectivity index (χ2v) is 5.04. The van der Waals surface area contributed by atoms with Gasteiger partial charge in [-0.1, -0.05) is 25.5 Å². The Kier molecular flexibility index (Phi) is 5.80. The Hall–Kier alpha value is -2.76. The number of benzene rings is 1. The number of hydrogen-bond acceptors (Lipinski definition) is 4. The summed E-state index contributed by atoms with van der Waals surface area (Å²) in [5, 5.41) is 11.5. The van der Waals surface area contributed by atoms with Crippen molar-refractivity contribution in [2.24, 2.45) is 0 Å². The number of rotatable bonds is 8. The lowest BCUT2D eigenvalue weighted by atomic mass is 10.2. The molecule has 0 aliphatic heterocycles. The normalized spacial score (nSPS) is 10.3. The molecule has 2 aromatic rings. The van der Waals surface area contributed by atoms with E-state index in [1.807, 2.05) is 24.3 Å². The Morgan fingerprint density at radius 3 is 2.83 bits per heavy atom. The third-order valence-corrected chi connectivity index (χ3v) is 3.19. The lowest BCUT2D eigenvalue weighted by Crippen LogP contribution is -2.22. The van der Waals surface area contributed by atoms with Crippen LogP contribution in [0.25, 0.3) is 0 Å². The van der Waals surface area contributed by atoms with Gasteiger partial charge in [0.2, 0.25) is 0 Å². The minimum atomic E-state index is -1.13. The number of carbonyl (C=O) groups is 2. The molecule has 1 aromatic carbocycles. The number of ether oxygens (including phenoxy) is 1. The average Bonchev–Trinajstić information content (AvgIpc) is 3.04. The molecular formula is C17H19NO5. The van der Waals surface area contributed by atoms with Crippen LogP contribution >= 0.6 is 0 Å². The Morgan fingerprint density at radius 2 is 2.13 bits per heavy atom. The number of unbranched alkanes of at least 4 members (excludes halogenated alkanes) is 1. The van der Waals surface area contributed by atoms with Crippen molar-refractivity contribution in [2.45, 2.75) is 26.3 Å². The molecule has 0 saturated carbocycles. The summed E-state index contributed by atoms with van der Waals surface area (Å²) < 4.78 is 10.6. The highest BCUT2D eigenvalue weighted by Crippen LogP contribution is 2.14. The molecule has 0 bridgehead atoms. The monoisotopic (exact) mass is 317 g/mol. The highest BCUT2D eigenvalue weighted by molar-refractivity contribution is 5.95. The number of nitrogens with one attached hydrogen (secondary N) is 1. The van der Waals surface area contributed by atoms with Crippen molar-refractivity contribution < 1.29 is 23.8 Å². The van der Waals surface area contributed by atoms with Crippen molar-refractivity contribution in [1.29, 1.82) is 0 Å². The minimum absolute atomic E-state index is 0.0299. The lowest BCUT2D eigenvalue weighted by Gasteiger charge is -2.08. The zero-order chi connectivity index (χ0) is 16.7. The molecule has 1 amide bonds. The first-order chi connectivity index (χ1) is 11.1. The summed E-state index contributed by atoms with van der Waals surface area (Å²) in [7, 11) is 0. The fourth-order valence-electron chi connectivity index (χ4n) is 1.92. The van der Waals surface area contributed by atoms with E-state index in [4.69, 9.17) is 14.3 Å². The highest BCUT2D eigenvalue weighted by Gasteiger charge is 2.14. The van der Waals surface area contributed by atoms with Crippen LogP contribution in [0.3, 0.4) is 0 Å². The largest absolute Gasteiger partial charge is 0.494 e. The van der Waals surface area contributed by atoms with Crippen LogP contribution < -0.4 is 10.1 Å². The first-order valence-corrected chi connectivity index (χ1v) is 7.42. The second-order valence-electron chi connectivity index (χ2n) is 5.04. The van der Waals surface area contributed by atoms with Gasteiger partial charge >= 0.3 is 5.97 Å². The van der Waals surface area contributed by atoms with Crippen LogP contribution in [0.5, 0.6) is 5.75 Å². The third kappa shape index (κ3) is 4.88. The first-order valence-electron chi connectivity index (χ1n) is 7.42. The molecule has 2 N–H and O–H groups in total. The summed E-state index contributed by atoms with van der Waals surface area (Å²) in [5.41, 5.74) is 0.832. The Morgan fingerprint density at radius 1 is 1.30 bits per heavy atom. The van der Waals surface area contributed by atoms with Gasteiger partial charge in [0.1, 0.15) is 12.0 Å². The summed E-state index contributed by atoms with van der Waals surface area (Å²) in [6.45, 7) is 3.06. The van der Waals surface area contributed by atoms with E-state index in [0.717, 1.165) is 30.4 Å². The van der Waals surface area contributed by atoms with Gasteiger partial charge in [0.25, 0.3) is 5.91 Å². The summed E-state index contributed by atoms with van der Waals surface area (Å²) in [5.74, 6) is -0.867. The maximum absolute atomic E-state index is 11.9. The zero-order valence-corrected chi connectivity index (χ0v) is 12.9. The molecule has 0 radical (unpaired) electrons. The minimum Gasteiger partial charge on any atom is -0.494 e. The van der Waals surface area contributed by atoms with E-state index in [0.29, 0.717) is 13.2 Å². The first kappa shape index (κ1) is 16.6. The molecule has 23 heavy (non-hydrogen) atoms. The standard InChI is InChI=1S/C17H19NO5/c1-2-3-7-22-14-6-4-5-12(8-14)10-18-16(19)15-9-13(11-23-15)17(20)21/h4-6,8-9,11H,2-3,7,10H2,1H3,(H,18,19)(H,20,21). The van der Waals surface area contributed by atoms with Gasteiger partial charge < -0.3 is 19.6 Å². The lowest BCUT2D eigenvalue weighted by molar-refractivity contribution is 0.0696. The third-order valence-electron chi connectivity index (χ3n) is 3.19. The Labute approximate surface area is 134 Å². The number of carbonyl (C=O) groups excluding carboxylic acids is 1. The van der Waals surface area contributed by atoms with E-state index in [2.05, 4.69) is 12.2 Å². The number of aromatic carboxylic acids is 1. The summed E-state index contributed by atoms with van der Waals surface area (Å²) in [6.07, 6.45) is 3.10. The van der Waals surface area contributed by atoms with Gasteiger partial charge in [-0.25, -0.2) is 4.79 Å². The molecule has 0 saturated heterocycles. The van der Waals surface area contributed by atoms with E-state index >= 15 is 0 Å². The van der Waals surface area contributed by atoms with Gasteiger partial charge in [-0.2, -0.15) is 0 Å². The van der Waals surface area contributed by atoms with E-state index in [9.17, 15) is 9.59 Å². The van der Waals surface area contributed by atoms with Crippen molar-refractivity contribution in [3.05, 3.63) is 53.5 Å². The van der Waals surface area contributed by atoms with Gasteiger partial charge in [0.05, 0.1) is 12.2 Å². The predicted octanol–water partition coefficient (Wildman–Crippen LogP) is 3.09. The number of hydrogen-bond donors (Lipinski definition) is 2. The number of furan rings is 1. The van der Waals surface area contributed by atoms with Crippen LogP contribution in [0.1, 0.15) is 46.2 Å². The second kappa shape index (κ2) is 8.03. The average molecular weight is 317 g/mol. The smallest absolute Gasteiger partial charge is 0.338 e. The molecular weight excluding hydrogens is 298 g/mol. The van der Waals surface area contributed by atoms with Gasteiger partial charge in [0.15, 0.2) is 5.76 Å². The summed E-state index contributed by atoms with van der Waals surface area (Å²) in [6, 6.07) is 8.66. The van der Waals surface area contributed by atoms with Crippen molar-refractivity contribution >= 4 is 11.9 Å². The fraction of sp³-hybridized carbons (Fsp3) is 0.294. The summed E-state index contributed by atoms with van der Waals surface area (Å²) >= 11 is 0. The number of amides is 1. The van der Waals surface area contributed by atoms with Crippen molar-refractivity contribution in [3.63, 3.8) is 0 Å². The van der Waals surface area contributed by atoms with Crippen LogP contribution in [0.2, 0.25) is 0 Å². The maximum atomic E-state index is 11.9. The van der Waals surface area contributed by atoms with Gasteiger partial charge in [-0.3, -0.25) is 4.79 Å². The molecule has 0 atom stereocenters. The van der Waals surface area contributed by atoms with Crippen LogP contribution in [-0.2, 0) is 6.54 Å². The van der Waals surface area contributed by atoms with Gasteiger partial charge in [-0.05, 0) is 24.1 Å². The topological polar surface area (TPSA) is 88.8 Å². The van der Waals surface area contributed by atoms with Crippen LogP contribution in [0, 0.1) is 0 Å². The molecule has 0 spiro atoms. The quantitative estimate of drug-likeness (QED) is 0.730. The van der Waals surface area contributed by atoms with Crippen molar-refractivity contribution in [1.82, 2.24) is 5.32 Å². The summed E-state index contributed by atoms with van der Waals surface area (Å²) in [4.78, 5) is 22.7. The van der Waals surface area contributed by atoms with E-state index in [1.54, 1.807) is 0 Å². The molecule has 2 rings (SSSR count). The molecule has 1 aromatic heterocycles. The van der Waals surface area contributed by atoms with Crippen LogP contribution in [0.15, 0.2) is 41.0 Å². The molecule has 1 heterocycles. The van der Waals surface area contributed by atoms with E-state index in [-0.39, 0.29) is 11.3 Å². The molecule has 6 heteroatoms. The number of carboxylic acids is 1. The van der Waals surface area contributed by atoms with Gasteiger partial charge in [-0.15, -0.1) is 0 Å². The molecule has 0 unspecified atom stereocenters. The Bertz CT molecular complexity index is 677. The maximum Gasteiger partial charge on any atom is 0.338 e. The predicted molar refractivity (Wildman–Crippen MR) is 83.7 cm³/mol. The van der Waals surface area contributed by atoms with Crippen molar-refractivity contribution in [2.75, 3.05) is 6.61 Å². The highest BCUT2D eigenvalue weighted by atomic mass is 16.5. The molecule has 0 aliphatic carbocycles. The van der Waals surface area contributed by atoms with Crippen LogP contribution in [-0.4, -0.2) is 23.6 Å². The molecule has 122 valence electrons. The number of carboxylic acid groups (broad SMARTS) is 1. The SMILES string of the molecule is CCCCOc1cccc(CNC(=O)c2cc(C(=O)O)co2)c1. The molecule has 0 aliphatic rings. The van der Waals surface area contributed by atoms with Crippen LogP contribution in [0.4, 0.5) is 0 Å². The fourth-order valence-corrected chi connectivity index (χ4v) is 1.92. The van der Waals surface area contributed by atoms with E-state index in [1.165, 1.54) is 6.07 Å². The zero-order valence-electron chi connectivity index (χ0n) is 12.9. The molecule has 0 fully saturated rings. The van der Waals surface area contributed by atoms with E-state index < -0.39 is 11.9 Å². The van der Waals surface area contributed by atoms with Crippen molar-refractivity contribution in [3.8, 4) is 5.75 Å².